The van der Waals surface area contributed by atoms with E-state index in [9.17, 15) is 18.0 Å². The van der Waals surface area contributed by atoms with E-state index < -0.39 is 21.9 Å². The number of aryl methyl sites for hydroxylation is 1. The Bertz CT molecular complexity index is 1010. The number of rotatable bonds is 6. The number of carbonyl (C=O) groups excluding carboxylic acids is 1. The Hall–Kier alpha value is -2.97. The Morgan fingerprint density at radius 2 is 1.70 bits per heavy atom. The molecule has 0 aliphatic rings. The summed E-state index contributed by atoms with van der Waals surface area (Å²) in [6, 6.07) is 9.55. The molecule has 27 heavy (non-hydrogen) atoms. The second-order valence-electron chi connectivity index (χ2n) is 5.87. The van der Waals surface area contributed by atoms with Crippen molar-refractivity contribution in [2.24, 2.45) is 0 Å². The maximum absolute atomic E-state index is 12.5. The molecular formula is C19H20N2O5S. The fourth-order valence-electron chi connectivity index (χ4n) is 2.40. The number of benzene rings is 2. The SMILES string of the molecule is CNS(=O)(=O)c1cc(C(=O)Nc2ccc(/C=C/C(=O)O)cc2)cc(C)c1C. The molecule has 1 amide bonds. The molecule has 8 heteroatoms. The quantitative estimate of drug-likeness (QED) is 0.659. The first-order valence-electron chi connectivity index (χ1n) is 8.01. The molecular weight excluding hydrogens is 368 g/mol. The summed E-state index contributed by atoms with van der Waals surface area (Å²) in [4.78, 5) is 23.1. The number of carboxylic acids is 1. The van der Waals surface area contributed by atoms with Gasteiger partial charge in [-0.1, -0.05) is 12.1 Å². The second kappa shape index (κ2) is 8.15. The number of hydrogen-bond donors (Lipinski definition) is 3. The minimum absolute atomic E-state index is 0.0595. The summed E-state index contributed by atoms with van der Waals surface area (Å²) in [6.07, 6.45) is 2.46. The summed E-state index contributed by atoms with van der Waals surface area (Å²) in [7, 11) is -2.37. The van der Waals surface area contributed by atoms with Gasteiger partial charge in [-0.05, 0) is 67.9 Å². The van der Waals surface area contributed by atoms with Crippen LogP contribution in [-0.4, -0.2) is 32.4 Å². The third kappa shape index (κ3) is 5.02. The summed E-state index contributed by atoms with van der Waals surface area (Å²) >= 11 is 0. The monoisotopic (exact) mass is 388 g/mol. The van der Waals surface area contributed by atoms with Gasteiger partial charge in [-0.2, -0.15) is 0 Å². The van der Waals surface area contributed by atoms with Gasteiger partial charge in [0, 0.05) is 17.3 Å². The second-order valence-corrected chi connectivity index (χ2v) is 7.73. The molecule has 0 bridgehead atoms. The van der Waals surface area contributed by atoms with Crippen LogP contribution in [0.25, 0.3) is 6.08 Å². The molecule has 0 aliphatic heterocycles. The van der Waals surface area contributed by atoms with Gasteiger partial charge in [0.25, 0.3) is 5.91 Å². The normalized spacial score (nSPS) is 11.5. The first kappa shape index (κ1) is 20.3. The molecule has 0 saturated carbocycles. The molecule has 0 saturated heterocycles. The molecule has 0 unspecified atom stereocenters. The third-order valence-electron chi connectivity index (χ3n) is 4.03. The van der Waals surface area contributed by atoms with Crippen molar-refractivity contribution in [2.45, 2.75) is 18.7 Å². The summed E-state index contributed by atoms with van der Waals surface area (Å²) in [5, 5.41) is 11.3. The standard InChI is InChI=1S/C19H20N2O5S/c1-12-10-15(11-17(13(12)2)27(25,26)20-3)19(24)21-16-7-4-14(5-8-16)6-9-18(22)23/h4-11,20H,1-3H3,(H,21,24)(H,22,23)/b9-6+. The third-order valence-corrected chi connectivity index (χ3v) is 5.57. The number of anilines is 1. The van der Waals surface area contributed by atoms with E-state index >= 15 is 0 Å². The smallest absolute Gasteiger partial charge is 0.328 e. The number of amides is 1. The molecule has 0 aliphatic carbocycles. The van der Waals surface area contributed by atoms with Crippen LogP contribution in [0.1, 0.15) is 27.0 Å². The highest BCUT2D eigenvalue weighted by molar-refractivity contribution is 7.89. The van der Waals surface area contributed by atoms with Gasteiger partial charge in [0.05, 0.1) is 4.90 Å². The van der Waals surface area contributed by atoms with E-state index in [0.717, 1.165) is 6.08 Å². The van der Waals surface area contributed by atoms with Crippen LogP contribution in [0, 0.1) is 13.8 Å². The van der Waals surface area contributed by atoms with Crippen molar-refractivity contribution in [1.82, 2.24) is 4.72 Å². The number of carboxylic acid groups (broad SMARTS) is 1. The van der Waals surface area contributed by atoms with Crippen LogP contribution in [0.15, 0.2) is 47.4 Å². The Kier molecular flexibility index (Phi) is 6.14. The van der Waals surface area contributed by atoms with E-state index in [0.29, 0.717) is 22.4 Å². The Morgan fingerprint density at radius 1 is 1.07 bits per heavy atom. The Balaban J connectivity index is 2.27. The molecule has 0 spiro atoms. The van der Waals surface area contributed by atoms with Crippen LogP contribution in [0.5, 0.6) is 0 Å². The van der Waals surface area contributed by atoms with Crippen LogP contribution in [0.3, 0.4) is 0 Å². The van der Waals surface area contributed by atoms with Crippen LogP contribution in [-0.2, 0) is 14.8 Å². The lowest BCUT2D eigenvalue weighted by molar-refractivity contribution is -0.131. The predicted octanol–water partition coefficient (Wildman–Crippen LogP) is 2.56. The fraction of sp³-hybridized carbons (Fsp3) is 0.158. The minimum Gasteiger partial charge on any atom is -0.478 e. The van der Waals surface area contributed by atoms with Crippen molar-refractivity contribution in [2.75, 3.05) is 12.4 Å². The summed E-state index contributed by atoms with van der Waals surface area (Å²) in [6.45, 7) is 3.43. The van der Waals surface area contributed by atoms with Gasteiger partial charge in [-0.3, -0.25) is 4.79 Å². The predicted molar refractivity (Wildman–Crippen MR) is 103 cm³/mol. The molecule has 2 aromatic rings. The number of nitrogens with one attached hydrogen (secondary N) is 2. The highest BCUT2D eigenvalue weighted by Gasteiger charge is 2.19. The molecule has 142 valence electrons. The van der Waals surface area contributed by atoms with Gasteiger partial charge in [0.2, 0.25) is 10.0 Å². The van der Waals surface area contributed by atoms with E-state index in [4.69, 9.17) is 5.11 Å². The molecule has 2 aromatic carbocycles. The van der Waals surface area contributed by atoms with Crippen molar-refractivity contribution in [1.29, 1.82) is 0 Å². The van der Waals surface area contributed by atoms with Gasteiger partial charge >= 0.3 is 5.97 Å². The average molecular weight is 388 g/mol. The van der Waals surface area contributed by atoms with E-state index in [1.165, 1.54) is 19.2 Å². The lowest BCUT2D eigenvalue weighted by Gasteiger charge is -2.12. The van der Waals surface area contributed by atoms with E-state index in [-0.39, 0.29) is 10.5 Å². The zero-order chi connectivity index (χ0) is 20.2. The van der Waals surface area contributed by atoms with Crippen molar-refractivity contribution < 1.29 is 23.1 Å². The number of hydrogen-bond acceptors (Lipinski definition) is 4. The van der Waals surface area contributed by atoms with Crippen LogP contribution < -0.4 is 10.0 Å². The topological polar surface area (TPSA) is 113 Å². The van der Waals surface area contributed by atoms with Crippen LogP contribution >= 0.6 is 0 Å². The highest BCUT2D eigenvalue weighted by atomic mass is 32.2. The maximum Gasteiger partial charge on any atom is 0.328 e. The molecule has 0 radical (unpaired) electrons. The molecule has 0 atom stereocenters. The number of carbonyl (C=O) groups is 2. The number of sulfonamides is 1. The molecule has 0 aromatic heterocycles. The number of aliphatic carboxylic acids is 1. The van der Waals surface area contributed by atoms with Gasteiger partial charge in [0.1, 0.15) is 0 Å². The van der Waals surface area contributed by atoms with E-state index in [1.54, 1.807) is 44.2 Å². The molecule has 7 nitrogen and oxygen atoms in total. The van der Waals surface area contributed by atoms with Gasteiger partial charge in [0.15, 0.2) is 0 Å². The maximum atomic E-state index is 12.5. The zero-order valence-electron chi connectivity index (χ0n) is 15.1. The zero-order valence-corrected chi connectivity index (χ0v) is 15.9. The van der Waals surface area contributed by atoms with E-state index in [2.05, 4.69) is 10.0 Å². The van der Waals surface area contributed by atoms with Crippen molar-refractivity contribution in [3.63, 3.8) is 0 Å². The highest BCUT2D eigenvalue weighted by Crippen LogP contribution is 2.22. The van der Waals surface area contributed by atoms with Gasteiger partial charge in [-0.15, -0.1) is 0 Å². The van der Waals surface area contributed by atoms with Crippen molar-refractivity contribution in [3.05, 3.63) is 64.7 Å². The van der Waals surface area contributed by atoms with Crippen molar-refractivity contribution in [3.8, 4) is 0 Å². The first-order chi connectivity index (χ1) is 12.6. The van der Waals surface area contributed by atoms with Crippen LogP contribution in [0.2, 0.25) is 0 Å². The summed E-state index contributed by atoms with van der Waals surface area (Å²) in [5.74, 6) is -1.49. The Labute approximate surface area is 157 Å². The lowest BCUT2D eigenvalue weighted by Crippen LogP contribution is -2.21. The Morgan fingerprint density at radius 3 is 2.26 bits per heavy atom. The molecule has 0 fully saturated rings. The van der Waals surface area contributed by atoms with E-state index in [1.807, 2.05) is 0 Å². The largest absolute Gasteiger partial charge is 0.478 e. The summed E-state index contributed by atoms with van der Waals surface area (Å²) in [5.41, 5.74) is 2.66. The molecule has 0 heterocycles. The first-order valence-corrected chi connectivity index (χ1v) is 9.49. The van der Waals surface area contributed by atoms with Gasteiger partial charge < -0.3 is 10.4 Å². The minimum atomic E-state index is -3.68. The fourth-order valence-corrected chi connectivity index (χ4v) is 3.46. The lowest BCUT2D eigenvalue weighted by atomic mass is 10.1. The van der Waals surface area contributed by atoms with Crippen LogP contribution in [0.4, 0.5) is 5.69 Å². The van der Waals surface area contributed by atoms with Gasteiger partial charge in [-0.25, -0.2) is 17.9 Å². The molecule has 2 rings (SSSR count). The molecule has 3 N–H and O–H groups in total. The van der Waals surface area contributed by atoms with Crippen molar-refractivity contribution >= 4 is 33.7 Å². The average Bonchev–Trinajstić information content (AvgIpc) is 2.62. The summed E-state index contributed by atoms with van der Waals surface area (Å²) < 4.78 is 26.6.